The molecule has 1 aromatic carbocycles. The normalized spacial score (nSPS) is 24.0. The molecule has 0 aromatic heterocycles. The standard InChI is InChI=1S/C14H22N2O3S/c1-16-9-10(8-15)6-13(16)12-5-4-11(20(3,17)18)7-14(12)19-2/h4-5,7,10,13H,6,8-9,15H2,1-3H3. The van der Waals surface area contributed by atoms with E-state index in [0.29, 0.717) is 18.2 Å². The fourth-order valence-corrected chi connectivity index (χ4v) is 3.47. The Labute approximate surface area is 120 Å². The first kappa shape index (κ1) is 15.3. The molecule has 5 nitrogen and oxygen atoms in total. The minimum absolute atomic E-state index is 0.229. The van der Waals surface area contributed by atoms with Crippen LogP contribution in [0.25, 0.3) is 0 Å². The van der Waals surface area contributed by atoms with Crippen LogP contribution < -0.4 is 10.5 Å². The summed E-state index contributed by atoms with van der Waals surface area (Å²) in [6, 6.07) is 5.34. The molecule has 20 heavy (non-hydrogen) atoms. The van der Waals surface area contributed by atoms with Gasteiger partial charge in [0, 0.05) is 24.4 Å². The van der Waals surface area contributed by atoms with Crippen LogP contribution in [-0.2, 0) is 9.84 Å². The number of likely N-dealkylation sites (tertiary alicyclic amines) is 1. The quantitative estimate of drug-likeness (QED) is 0.899. The molecule has 112 valence electrons. The summed E-state index contributed by atoms with van der Waals surface area (Å²) in [4.78, 5) is 2.53. The van der Waals surface area contributed by atoms with Crippen LogP contribution in [-0.4, -0.2) is 46.8 Å². The van der Waals surface area contributed by atoms with Crippen LogP contribution in [0.5, 0.6) is 5.75 Å². The highest BCUT2D eigenvalue weighted by Gasteiger charge is 2.31. The Morgan fingerprint density at radius 2 is 2.15 bits per heavy atom. The first-order valence-electron chi connectivity index (χ1n) is 6.65. The molecular weight excluding hydrogens is 276 g/mol. The summed E-state index contributed by atoms with van der Waals surface area (Å²) in [6.07, 6.45) is 2.18. The highest BCUT2D eigenvalue weighted by Crippen LogP contribution is 2.38. The highest BCUT2D eigenvalue weighted by molar-refractivity contribution is 7.90. The summed E-state index contributed by atoms with van der Waals surface area (Å²) in [6.45, 7) is 1.63. The van der Waals surface area contributed by atoms with Crippen LogP contribution >= 0.6 is 0 Å². The maximum atomic E-state index is 11.6. The number of hydrogen-bond donors (Lipinski definition) is 1. The molecule has 1 aromatic rings. The molecule has 1 heterocycles. The van der Waals surface area contributed by atoms with Crippen LogP contribution in [0.4, 0.5) is 0 Å². The minimum Gasteiger partial charge on any atom is -0.496 e. The van der Waals surface area contributed by atoms with E-state index in [9.17, 15) is 8.42 Å². The van der Waals surface area contributed by atoms with E-state index in [1.165, 1.54) is 6.26 Å². The van der Waals surface area contributed by atoms with Gasteiger partial charge in [0.05, 0.1) is 12.0 Å². The van der Waals surface area contributed by atoms with Crippen molar-refractivity contribution in [3.05, 3.63) is 23.8 Å². The molecule has 0 radical (unpaired) electrons. The van der Waals surface area contributed by atoms with Crippen LogP contribution in [0.2, 0.25) is 0 Å². The summed E-state index contributed by atoms with van der Waals surface area (Å²) in [7, 11) is 0.411. The minimum atomic E-state index is -3.22. The summed E-state index contributed by atoms with van der Waals surface area (Å²) < 4.78 is 28.6. The molecule has 0 saturated carbocycles. The zero-order valence-corrected chi connectivity index (χ0v) is 13.0. The average Bonchev–Trinajstić information content (AvgIpc) is 2.78. The molecule has 1 aliphatic rings. The molecule has 0 amide bonds. The molecule has 1 aliphatic heterocycles. The molecule has 2 N–H and O–H groups in total. The van der Waals surface area contributed by atoms with E-state index in [1.807, 2.05) is 6.07 Å². The van der Waals surface area contributed by atoms with Gasteiger partial charge in [0.15, 0.2) is 9.84 Å². The van der Waals surface area contributed by atoms with Gasteiger partial charge in [-0.05, 0) is 38.1 Å². The highest BCUT2D eigenvalue weighted by atomic mass is 32.2. The third-order valence-corrected chi connectivity index (χ3v) is 5.07. The predicted octanol–water partition coefficient (Wildman–Crippen LogP) is 1.05. The molecular formula is C14H22N2O3S. The van der Waals surface area contributed by atoms with Gasteiger partial charge in [-0.25, -0.2) is 8.42 Å². The number of nitrogens with zero attached hydrogens (tertiary/aromatic N) is 1. The lowest BCUT2D eigenvalue weighted by Gasteiger charge is -2.22. The van der Waals surface area contributed by atoms with Gasteiger partial charge in [-0.2, -0.15) is 0 Å². The summed E-state index contributed by atoms with van der Waals surface area (Å²) >= 11 is 0. The van der Waals surface area contributed by atoms with E-state index in [0.717, 1.165) is 18.5 Å². The Hall–Kier alpha value is -1.11. The Bertz CT molecular complexity index is 586. The first-order chi connectivity index (χ1) is 9.36. The van der Waals surface area contributed by atoms with Gasteiger partial charge >= 0.3 is 0 Å². The molecule has 1 saturated heterocycles. The lowest BCUT2D eigenvalue weighted by molar-refractivity contribution is 0.302. The number of nitrogens with two attached hydrogens (primary N) is 1. The van der Waals surface area contributed by atoms with Crippen molar-refractivity contribution in [2.24, 2.45) is 11.7 Å². The molecule has 0 spiro atoms. The van der Waals surface area contributed by atoms with Crippen molar-refractivity contribution < 1.29 is 13.2 Å². The largest absolute Gasteiger partial charge is 0.496 e. The Morgan fingerprint density at radius 1 is 1.45 bits per heavy atom. The second-order valence-electron chi connectivity index (χ2n) is 5.47. The Kier molecular flexibility index (Phi) is 4.36. The van der Waals surface area contributed by atoms with Crippen LogP contribution in [0.3, 0.4) is 0 Å². The van der Waals surface area contributed by atoms with Crippen molar-refractivity contribution in [2.45, 2.75) is 17.4 Å². The molecule has 1 fully saturated rings. The lowest BCUT2D eigenvalue weighted by Crippen LogP contribution is -2.21. The van der Waals surface area contributed by atoms with E-state index in [2.05, 4.69) is 11.9 Å². The number of sulfone groups is 1. The third-order valence-electron chi connectivity index (χ3n) is 3.96. The van der Waals surface area contributed by atoms with Crippen LogP contribution in [0, 0.1) is 5.92 Å². The van der Waals surface area contributed by atoms with E-state index in [-0.39, 0.29) is 10.9 Å². The SMILES string of the molecule is COc1cc(S(C)(=O)=O)ccc1C1CC(CN)CN1C. The lowest BCUT2D eigenvalue weighted by atomic mass is 9.99. The van der Waals surface area contributed by atoms with Gasteiger partial charge in [0.2, 0.25) is 0 Å². The zero-order valence-electron chi connectivity index (χ0n) is 12.2. The maximum Gasteiger partial charge on any atom is 0.175 e. The van der Waals surface area contributed by atoms with Crippen molar-refractivity contribution in [1.82, 2.24) is 4.90 Å². The van der Waals surface area contributed by atoms with Gasteiger partial charge in [0.25, 0.3) is 0 Å². The van der Waals surface area contributed by atoms with Gasteiger partial charge in [-0.1, -0.05) is 6.07 Å². The summed E-state index contributed by atoms with van der Waals surface area (Å²) in [5.41, 5.74) is 6.78. The van der Waals surface area contributed by atoms with Gasteiger partial charge in [-0.3, -0.25) is 4.90 Å². The van der Waals surface area contributed by atoms with E-state index < -0.39 is 9.84 Å². The number of rotatable bonds is 4. The maximum absolute atomic E-state index is 11.6. The molecule has 2 atom stereocenters. The fraction of sp³-hybridized carbons (Fsp3) is 0.571. The second-order valence-corrected chi connectivity index (χ2v) is 7.48. The zero-order chi connectivity index (χ0) is 14.9. The molecule has 0 aliphatic carbocycles. The Morgan fingerprint density at radius 3 is 2.65 bits per heavy atom. The van der Waals surface area contributed by atoms with Gasteiger partial charge < -0.3 is 10.5 Å². The summed E-state index contributed by atoms with van der Waals surface area (Å²) in [5.74, 6) is 1.10. The monoisotopic (exact) mass is 298 g/mol. The third kappa shape index (κ3) is 2.97. The van der Waals surface area contributed by atoms with Gasteiger partial charge in [-0.15, -0.1) is 0 Å². The Balaban J connectivity index is 2.38. The second kappa shape index (κ2) is 5.71. The van der Waals surface area contributed by atoms with E-state index >= 15 is 0 Å². The number of ether oxygens (including phenoxy) is 1. The van der Waals surface area contributed by atoms with Crippen LogP contribution in [0.15, 0.2) is 23.1 Å². The molecule has 0 bridgehead atoms. The molecule has 2 rings (SSSR count). The van der Waals surface area contributed by atoms with Crippen molar-refractivity contribution in [3.8, 4) is 5.75 Å². The van der Waals surface area contributed by atoms with E-state index in [4.69, 9.17) is 10.5 Å². The van der Waals surface area contributed by atoms with Gasteiger partial charge in [0.1, 0.15) is 5.75 Å². The van der Waals surface area contributed by atoms with Crippen LogP contribution in [0.1, 0.15) is 18.0 Å². The number of benzene rings is 1. The smallest absolute Gasteiger partial charge is 0.175 e. The van der Waals surface area contributed by atoms with Crippen molar-refractivity contribution in [1.29, 1.82) is 0 Å². The molecule has 6 heteroatoms. The fourth-order valence-electron chi connectivity index (χ4n) is 2.84. The first-order valence-corrected chi connectivity index (χ1v) is 8.54. The average molecular weight is 298 g/mol. The summed E-state index contributed by atoms with van der Waals surface area (Å²) in [5, 5.41) is 0. The molecule has 2 unspecified atom stereocenters. The number of hydrogen-bond acceptors (Lipinski definition) is 5. The number of methoxy groups -OCH3 is 1. The van der Waals surface area contributed by atoms with Crippen molar-refractivity contribution >= 4 is 9.84 Å². The topological polar surface area (TPSA) is 72.6 Å². The van der Waals surface area contributed by atoms with Crippen molar-refractivity contribution in [2.75, 3.05) is 33.5 Å². The predicted molar refractivity (Wildman–Crippen MR) is 78.6 cm³/mol. The van der Waals surface area contributed by atoms with Crippen molar-refractivity contribution in [3.63, 3.8) is 0 Å². The van der Waals surface area contributed by atoms with E-state index in [1.54, 1.807) is 19.2 Å².